The number of aryl methyl sites for hydroxylation is 1. The SMILES string of the molecule is Cc1ccc(S(=O)(=O)N/N=C2\C(=O)c3c(nn(-c4ccccc4)c3-c3ccc(N(C)C)cc3)CC2(C)C)cc1. The predicted molar refractivity (Wildman–Crippen MR) is 154 cm³/mol. The zero-order chi connectivity index (χ0) is 27.9. The molecule has 1 N–H and O–H groups in total. The van der Waals surface area contributed by atoms with Crippen molar-refractivity contribution in [3.8, 4) is 16.9 Å². The highest BCUT2D eigenvalue weighted by Gasteiger charge is 2.43. The quantitative estimate of drug-likeness (QED) is 0.346. The molecule has 0 radical (unpaired) electrons. The van der Waals surface area contributed by atoms with Gasteiger partial charge in [0, 0.05) is 37.2 Å². The summed E-state index contributed by atoms with van der Waals surface area (Å²) in [7, 11) is -0.0169. The van der Waals surface area contributed by atoms with Crippen LogP contribution in [0.4, 0.5) is 5.69 Å². The van der Waals surface area contributed by atoms with E-state index >= 15 is 0 Å². The third kappa shape index (κ3) is 4.97. The van der Waals surface area contributed by atoms with Crippen LogP contribution in [0.2, 0.25) is 0 Å². The van der Waals surface area contributed by atoms with Crippen LogP contribution in [0.3, 0.4) is 0 Å². The molecule has 0 aliphatic heterocycles. The van der Waals surface area contributed by atoms with E-state index in [1.807, 2.05) is 94.4 Å². The van der Waals surface area contributed by atoms with Gasteiger partial charge in [0.05, 0.1) is 27.5 Å². The van der Waals surface area contributed by atoms with Crippen molar-refractivity contribution in [2.24, 2.45) is 10.5 Å². The van der Waals surface area contributed by atoms with Crippen LogP contribution in [0, 0.1) is 12.3 Å². The van der Waals surface area contributed by atoms with E-state index in [2.05, 4.69) is 9.93 Å². The minimum atomic E-state index is -3.96. The Kier molecular flexibility index (Phi) is 6.64. The summed E-state index contributed by atoms with van der Waals surface area (Å²) in [5, 5.41) is 9.12. The van der Waals surface area contributed by atoms with Gasteiger partial charge in [-0.05, 0) is 43.3 Å². The van der Waals surface area contributed by atoms with Crippen LogP contribution < -0.4 is 9.73 Å². The van der Waals surface area contributed by atoms with E-state index in [4.69, 9.17) is 5.10 Å². The number of Topliss-reactive ketones (excluding diaryl/α,β-unsaturated/α-hetero) is 1. The lowest BCUT2D eigenvalue weighted by molar-refractivity contribution is 0.104. The van der Waals surface area contributed by atoms with Gasteiger partial charge in [-0.3, -0.25) is 4.79 Å². The summed E-state index contributed by atoms with van der Waals surface area (Å²) in [5.74, 6) is -0.346. The van der Waals surface area contributed by atoms with Gasteiger partial charge < -0.3 is 4.90 Å². The number of sulfonamides is 1. The highest BCUT2D eigenvalue weighted by molar-refractivity contribution is 7.89. The second-order valence-corrected chi connectivity index (χ2v) is 12.3. The lowest BCUT2D eigenvalue weighted by Crippen LogP contribution is -2.40. The van der Waals surface area contributed by atoms with Crippen molar-refractivity contribution in [3.05, 3.63) is 95.7 Å². The van der Waals surface area contributed by atoms with Crippen molar-refractivity contribution in [2.45, 2.75) is 32.1 Å². The fourth-order valence-electron chi connectivity index (χ4n) is 4.77. The van der Waals surface area contributed by atoms with Crippen LogP contribution in [0.15, 0.2) is 88.9 Å². The summed E-state index contributed by atoms with van der Waals surface area (Å²) in [5.41, 5.74) is 4.75. The Bertz CT molecular complexity index is 1670. The zero-order valence-electron chi connectivity index (χ0n) is 22.6. The van der Waals surface area contributed by atoms with Gasteiger partial charge in [-0.2, -0.15) is 23.4 Å². The summed E-state index contributed by atoms with van der Waals surface area (Å²) in [6, 6.07) is 24.0. The molecule has 0 fully saturated rings. The molecule has 0 atom stereocenters. The Balaban J connectivity index is 1.63. The van der Waals surface area contributed by atoms with Gasteiger partial charge in [-0.25, -0.2) is 4.68 Å². The lowest BCUT2D eigenvalue weighted by atomic mass is 9.73. The minimum Gasteiger partial charge on any atom is -0.378 e. The second-order valence-electron chi connectivity index (χ2n) is 10.6. The Morgan fingerprint density at radius 1 is 0.949 bits per heavy atom. The Labute approximate surface area is 229 Å². The van der Waals surface area contributed by atoms with Crippen LogP contribution >= 0.6 is 0 Å². The van der Waals surface area contributed by atoms with E-state index in [-0.39, 0.29) is 16.4 Å². The summed E-state index contributed by atoms with van der Waals surface area (Å²) in [6.07, 6.45) is 0.418. The molecule has 0 spiro atoms. The van der Waals surface area contributed by atoms with E-state index in [0.29, 0.717) is 23.4 Å². The monoisotopic (exact) mass is 541 g/mol. The number of hydrogen-bond acceptors (Lipinski definition) is 6. The average molecular weight is 542 g/mol. The number of nitrogens with zero attached hydrogens (tertiary/aromatic N) is 4. The molecule has 9 heteroatoms. The molecular weight excluding hydrogens is 510 g/mol. The summed E-state index contributed by atoms with van der Waals surface area (Å²) in [4.78, 5) is 18.5. The second kappa shape index (κ2) is 9.81. The number of carbonyl (C=O) groups is 1. The predicted octanol–water partition coefficient (Wildman–Crippen LogP) is 5.01. The third-order valence-electron chi connectivity index (χ3n) is 6.92. The molecule has 200 valence electrons. The summed E-state index contributed by atoms with van der Waals surface area (Å²) in [6.45, 7) is 5.63. The number of hydrogen-bond donors (Lipinski definition) is 1. The molecule has 0 saturated carbocycles. The average Bonchev–Trinajstić information content (AvgIpc) is 3.27. The highest BCUT2D eigenvalue weighted by atomic mass is 32.2. The van der Waals surface area contributed by atoms with Gasteiger partial charge in [0.25, 0.3) is 10.0 Å². The fourth-order valence-corrected chi connectivity index (χ4v) is 5.58. The molecule has 0 unspecified atom stereocenters. The van der Waals surface area contributed by atoms with Crippen LogP contribution in [0.5, 0.6) is 0 Å². The van der Waals surface area contributed by atoms with Crippen molar-refractivity contribution in [1.29, 1.82) is 0 Å². The minimum absolute atomic E-state index is 0.0813. The molecule has 3 aromatic carbocycles. The number of hydrazone groups is 1. The van der Waals surface area contributed by atoms with Crippen LogP contribution in [0.25, 0.3) is 16.9 Å². The molecular formula is C30H31N5O3S. The van der Waals surface area contributed by atoms with E-state index < -0.39 is 15.4 Å². The Hall–Kier alpha value is -4.24. The van der Waals surface area contributed by atoms with Crippen molar-refractivity contribution in [2.75, 3.05) is 19.0 Å². The van der Waals surface area contributed by atoms with Crippen LogP contribution in [-0.4, -0.2) is 43.8 Å². The molecule has 1 aliphatic rings. The number of carbonyl (C=O) groups excluding carboxylic acids is 1. The van der Waals surface area contributed by atoms with E-state index in [1.54, 1.807) is 16.8 Å². The number of nitrogens with one attached hydrogen (secondary N) is 1. The molecule has 0 amide bonds. The summed E-state index contributed by atoms with van der Waals surface area (Å²) < 4.78 is 27.7. The standard InChI is InChI=1S/C30H31N5O3S/c1-20-11-17-24(18-12-20)39(37,38)33-31-29-28(36)26-25(19-30(29,2)3)32-35(23-9-7-6-8-10-23)27(26)21-13-15-22(16-14-21)34(4)5/h6-18,33H,19H2,1-5H3/b31-29+. The van der Waals surface area contributed by atoms with Gasteiger partial charge in [-0.1, -0.05) is 61.9 Å². The molecule has 0 saturated heterocycles. The number of ketones is 1. The van der Waals surface area contributed by atoms with Crippen LogP contribution in [0.1, 0.15) is 35.5 Å². The molecule has 1 heterocycles. The topological polar surface area (TPSA) is 96.7 Å². The Morgan fingerprint density at radius 2 is 1.59 bits per heavy atom. The molecule has 8 nitrogen and oxygen atoms in total. The lowest BCUT2D eigenvalue weighted by Gasteiger charge is -2.29. The maximum Gasteiger partial charge on any atom is 0.276 e. The fraction of sp³-hybridized carbons (Fsp3) is 0.233. The maximum atomic E-state index is 14.1. The first-order chi connectivity index (χ1) is 18.5. The van der Waals surface area contributed by atoms with Crippen molar-refractivity contribution in [3.63, 3.8) is 0 Å². The van der Waals surface area contributed by atoms with Gasteiger partial charge in [0.15, 0.2) is 0 Å². The number of anilines is 1. The number of rotatable bonds is 6. The molecule has 0 bridgehead atoms. The molecule has 4 aromatic rings. The van der Waals surface area contributed by atoms with E-state index in [9.17, 15) is 13.2 Å². The van der Waals surface area contributed by atoms with Gasteiger partial charge in [0.2, 0.25) is 5.78 Å². The number of para-hydroxylation sites is 1. The van der Waals surface area contributed by atoms with E-state index in [0.717, 1.165) is 22.5 Å². The van der Waals surface area contributed by atoms with Crippen molar-refractivity contribution >= 4 is 27.2 Å². The van der Waals surface area contributed by atoms with Crippen molar-refractivity contribution < 1.29 is 13.2 Å². The third-order valence-corrected chi connectivity index (χ3v) is 8.14. The van der Waals surface area contributed by atoms with Gasteiger partial charge in [0.1, 0.15) is 5.71 Å². The zero-order valence-corrected chi connectivity index (χ0v) is 23.5. The largest absolute Gasteiger partial charge is 0.378 e. The molecule has 1 aromatic heterocycles. The highest BCUT2D eigenvalue weighted by Crippen LogP contribution is 2.39. The smallest absolute Gasteiger partial charge is 0.276 e. The van der Waals surface area contributed by atoms with Crippen LogP contribution in [-0.2, 0) is 16.4 Å². The Morgan fingerprint density at radius 3 is 2.21 bits per heavy atom. The first-order valence-electron chi connectivity index (χ1n) is 12.6. The summed E-state index contributed by atoms with van der Waals surface area (Å²) >= 11 is 0. The normalized spacial score (nSPS) is 15.7. The number of aromatic nitrogens is 2. The van der Waals surface area contributed by atoms with Gasteiger partial charge in [-0.15, -0.1) is 0 Å². The number of fused-ring (bicyclic) bond motifs is 1. The molecule has 5 rings (SSSR count). The first kappa shape index (κ1) is 26.4. The molecule has 1 aliphatic carbocycles. The van der Waals surface area contributed by atoms with Gasteiger partial charge >= 0.3 is 0 Å². The van der Waals surface area contributed by atoms with Crippen molar-refractivity contribution in [1.82, 2.24) is 14.6 Å². The maximum absolute atomic E-state index is 14.1. The van der Waals surface area contributed by atoms with E-state index in [1.165, 1.54) is 12.1 Å². The first-order valence-corrected chi connectivity index (χ1v) is 14.1. The molecule has 39 heavy (non-hydrogen) atoms. The number of benzene rings is 3.